The summed E-state index contributed by atoms with van der Waals surface area (Å²) in [5, 5.41) is 8.86. The molecule has 1 unspecified atom stereocenters. The largest absolute Gasteiger partial charge is 0.481 e. The van der Waals surface area contributed by atoms with Gasteiger partial charge < -0.3 is 9.84 Å². The molecule has 1 N–H and O–H groups in total. The first kappa shape index (κ1) is 20.4. The lowest BCUT2D eigenvalue weighted by molar-refractivity contribution is -0.149. The van der Waals surface area contributed by atoms with E-state index >= 15 is 0 Å². The Balaban J connectivity index is 1.95. The standard InChI is InChI=1S/C25H24O4/c1-4-29-24(28)25(3)13-5-6-21-14-17(2)20(16-22(21)25)12-11-18-7-9-19(10-8-18)15-23(26)27/h5-10,14,16H,4,13,15H2,1-3H3,(H,26,27). The highest BCUT2D eigenvalue weighted by atomic mass is 16.5. The second-order valence-electron chi connectivity index (χ2n) is 7.43. The molecule has 2 aromatic rings. The van der Waals surface area contributed by atoms with Gasteiger partial charge in [-0.05, 0) is 67.6 Å². The number of carboxylic acids is 1. The molecular formula is C25H24O4. The molecule has 3 rings (SSSR count). The van der Waals surface area contributed by atoms with Gasteiger partial charge >= 0.3 is 11.9 Å². The highest BCUT2D eigenvalue weighted by molar-refractivity contribution is 5.86. The third kappa shape index (κ3) is 4.41. The number of carbonyl (C=O) groups excluding carboxylic acids is 1. The highest BCUT2D eigenvalue weighted by Gasteiger charge is 2.39. The first-order valence-electron chi connectivity index (χ1n) is 9.65. The average Bonchev–Trinajstić information content (AvgIpc) is 2.67. The summed E-state index contributed by atoms with van der Waals surface area (Å²) >= 11 is 0. The molecule has 2 aromatic carbocycles. The number of rotatable bonds is 4. The lowest BCUT2D eigenvalue weighted by Gasteiger charge is -2.31. The molecule has 29 heavy (non-hydrogen) atoms. The van der Waals surface area contributed by atoms with Crippen molar-refractivity contribution in [1.29, 1.82) is 0 Å². The van der Waals surface area contributed by atoms with Gasteiger partial charge in [0.15, 0.2) is 0 Å². The Bertz CT molecular complexity index is 1030. The molecule has 1 aliphatic carbocycles. The molecule has 0 heterocycles. The van der Waals surface area contributed by atoms with Gasteiger partial charge in [-0.15, -0.1) is 0 Å². The van der Waals surface area contributed by atoms with Crippen LogP contribution in [-0.2, 0) is 26.2 Å². The number of aliphatic carboxylic acids is 1. The van der Waals surface area contributed by atoms with Gasteiger partial charge in [0.25, 0.3) is 0 Å². The summed E-state index contributed by atoms with van der Waals surface area (Å²) in [6.45, 7) is 6.09. The van der Waals surface area contributed by atoms with Crippen LogP contribution in [0.2, 0.25) is 0 Å². The van der Waals surface area contributed by atoms with Crippen molar-refractivity contribution in [3.63, 3.8) is 0 Å². The predicted octanol–water partition coefficient (Wildman–Crippen LogP) is 4.26. The van der Waals surface area contributed by atoms with Crippen LogP contribution in [-0.4, -0.2) is 23.7 Å². The van der Waals surface area contributed by atoms with Crippen molar-refractivity contribution in [3.05, 3.63) is 75.9 Å². The van der Waals surface area contributed by atoms with E-state index in [1.54, 1.807) is 12.1 Å². The van der Waals surface area contributed by atoms with Crippen LogP contribution in [0.4, 0.5) is 0 Å². The third-order valence-electron chi connectivity index (χ3n) is 5.19. The fourth-order valence-electron chi connectivity index (χ4n) is 3.52. The SMILES string of the molecule is CCOC(=O)C1(C)CC=Cc2cc(C)c(C#Cc3ccc(CC(=O)O)cc3)cc21. The molecule has 148 valence electrons. The van der Waals surface area contributed by atoms with Gasteiger partial charge in [0.2, 0.25) is 0 Å². The number of esters is 1. The van der Waals surface area contributed by atoms with E-state index in [1.807, 2.05) is 51.1 Å². The molecule has 0 aromatic heterocycles. The van der Waals surface area contributed by atoms with E-state index in [4.69, 9.17) is 9.84 Å². The van der Waals surface area contributed by atoms with Crippen molar-refractivity contribution >= 4 is 18.0 Å². The monoisotopic (exact) mass is 388 g/mol. The average molecular weight is 388 g/mol. The zero-order valence-electron chi connectivity index (χ0n) is 16.9. The molecule has 0 saturated carbocycles. The van der Waals surface area contributed by atoms with Crippen LogP contribution in [0.3, 0.4) is 0 Å². The Morgan fingerprint density at radius 3 is 2.55 bits per heavy atom. The minimum absolute atomic E-state index is 0.00238. The molecule has 0 aliphatic heterocycles. The maximum atomic E-state index is 12.6. The van der Waals surface area contributed by atoms with Crippen LogP contribution in [0.5, 0.6) is 0 Å². The number of aryl methyl sites for hydroxylation is 1. The summed E-state index contributed by atoms with van der Waals surface area (Å²) in [6.07, 6.45) is 4.65. The zero-order chi connectivity index (χ0) is 21.0. The van der Waals surface area contributed by atoms with Gasteiger partial charge in [0.1, 0.15) is 0 Å². The fraction of sp³-hybridized carbons (Fsp3) is 0.280. The predicted molar refractivity (Wildman–Crippen MR) is 113 cm³/mol. The Kier molecular flexibility index (Phi) is 5.89. The fourth-order valence-corrected chi connectivity index (χ4v) is 3.52. The number of hydrogen-bond acceptors (Lipinski definition) is 3. The number of ether oxygens (including phenoxy) is 1. The van der Waals surface area contributed by atoms with Crippen molar-refractivity contribution in [3.8, 4) is 11.8 Å². The van der Waals surface area contributed by atoms with Crippen LogP contribution < -0.4 is 0 Å². The van der Waals surface area contributed by atoms with Gasteiger partial charge in [-0.1, -0.05) is 42.2 Å². The van der Waals surface area contributed by atoms with E-state index < -0.39 is 11.4 Å². The zero-order valence-corrected chi connectivity index (χ0v) is 16.9. The van der Waals surface area contributed by atoms with Gasteiger partial charge in [-0.25, -0.2) is 0 Å². The third-order valence-corrected chi connectivity index (χ3v) is 5.19. The van der Waals surface area contributed by atoms with Crippen molar-refractivity contribution in [2.24, 2.45) is 0 Å². The summed E-state index contributed by atoms with van der Waals surface area (Å²) < 4.78 is 5.33. The van der Waals surface area contributed by atoms with E-state index in [1.165, 1.54) is 0 Å². The number of fused-ring (bicyclic) bond motifs is 1. The van der Waals surface area contributed by atoms with Crippen molar-refractivity contribution in [2.45, 2.75) is 39.0 Å². The molecule has 0 spiro atoms. The van der Waals surface area contributed by atoms with E-state index in [2.05, 4.69) is 17.9 Å². The van der Waals surface area contributed by atoms with E-state index in [0.717, 1.165) is 33.4 Å². The summed E-state index contributed by atoms with van der Waals surface area (Å²) in [7, 11) is 0. The molecule has 0 amide bonds. The summed E-state index contributed by atoms with van der Waals surface area (Å²) in [5.74, 6) is 5.27. The van der Waals surface area contributed by atoms with Crippen molar-refractivity contribution in [1.82, 2.24) is 0 Å². The number of hydrogen-bond donors (Lipinski definition) is 1. The van der Waals surface area contributed by atoms with Crippen molar-refractivity contribution in [2.75, 3.05) is 6.61 Å². The Morgan fingerprint density at radius 2 is 1.90 bits per heavy atom. The van der Waals surface area contributed by atoms with E-state index in [9.17, 15) is 9.59 Å². The van der Waals surface area contributed by atoms with Gasteiger partial charge in [-0.2, -0.15) is 0 Å². The first-order valence-corrected chi connectivity index (χ1v) is 9.65. The second-order valence-corrected chi connectivity index (χ2v) is 7.43. The topological polar surface area (TPSA) is 63.6 Å². The molecule has 0 radical (unpaired) electrons. The summed E-state index contributed by atoms with van der Waals surface area (Å²) in [5.41, 5.74) is 4.69. The summed E-state index contributed by atoms with van der Waals surface area (Å²) in [6, 6.07) is 11.3. The number of allylic oxidation sites excluding steroid dienone is 1. The lowest BCUT2D eigenvalue weighted by Crippen LogP contribution is -2.36. The Labute approximate surface area is 171 Å². The quantitative estimate of drug-likeness (QED) is 0.628. The van der Waals surface area contributed by atoms with Crippen LogP contribution in [0.25, 0.3) is 6.08 Å². The Morgan fingerprint density at radius 1 is 1.17 bits per heavy atom. The minimum Gasteiger partial charge on any atom is -0.481 e. The maximum Gasteiger partial charge on any atom is 0.316 e. The second kappa shape index (κ2) is 8.36. The van der Waals surface area contributed by atoms with E-state index in [-0.39, 0.29) is 12.4 Å². The van der Waals surface area contributed by atoms with Crippen LogP contribution in [0.1, 0.15) is 53.6 Å². The maximum absolute atomic E-state index is 12.6. The molecule has 0 bridgehead atoms. The molecular weight excluding hydrogens is 364 g/mol. The number of carbonyl (C=O) groups is 2. The number of benzene rings is 2. The van der Waals surface area contributed by atoms with E-state index in [0.29, 0.717) is 13.0 Å². The van der Waals surface area contributed by atoms with Crippen LogP contribution in [0.15, 0.2) is 42.5 Å². The first-order chi connectivity index (χ1) is 13.8. The molecule has 1 aliphatic rings. The minimum atomic E-state index is -0.854. The number of carboxylic acid groups (broad SMARTS) is 1. The van der Waals surface area contributed by atoms with Crippen LogP contribution >= 0.6 is 0 Å². The van der Waals surface area contributed by atoms with Gasteiger partial charge in [0, 0.05) is 11.1 Å². The summed E-state index contributed by atoms with van der Waals surface area (Å²) in [4.78, 5) is 23.4. The van der Waals surface area contributed by atoms with Crippen LogP contribution in [0, 0.1) is 18.8 Å². The smallest absolute Gasteiger partial charge is 0.316 e. The Hall–Kier alpha value is -3.32. The van der Waals surface area contributed by atoms with Gasteiger partial charge in [-0.3, -0.25) is 9.59 Å². The molecule has 4 nitrogen and oxygen atoms in total. The molecule has 4 heteroatoms. The normalized spacial score (nSPS) is 17.1. The lowest BCUT2D eigenvalue weighted by atomic mass is 9.73. The molecule has 0 fully saturated rings. The van der Waals surface area contributed by atoms with Gasteiger partial charge in [0.05, 0.1) is 18.4 Å². The van der Waals surface area contributed by atoms with Crippen molar-refractivity contribution < 1.29 is 19.4 Å². The molecule has 1 atom stereocenters. The molecule has 0 saturated heterocycles. The highest BCUT2D eigenvalue weighted by Crippen LogP contribution is 2.38.